The molecule has 10 nitrogen and oxygen atoms in total. The van der Waals surface area contributed by atoms with Crippen molar-refractivity contribution in [2.45, 2.75) is 24.4 Å². The zero-order valence-electron chi connectivity index (χ0n) is 17.8. The highest BCUT2D eigenvalue weighted by Crippen LogP contribution is 2.34. The number of pyridine rings is 1. The number of amides is 1. The number of ether oxygens (including phenoxy) is 2. The van der Waals surface area contributed by atoms with E-state index in [-0.39, 0.29) is 23.9 Å². The lowest BCUT2D eigenvalue weighted by Gasteiger charge is -2.38. The van der Waals surface area contributed by atoms with E-state index in [1.807, 2.05) is 36.4 Å². The molecule has 3 aromatic rings. The SMILES string of the molecule is COc1ccc(OC)c(C2CC(C(=O)N3CC(c4nc(-c5ccccn5)no4)C3)NN2)c1. The van der Waals surface area contributed by atoms with E-state index >= 15 is 0 Å². The third-order valence-corrected chi connectivity index (χ3v) is 5.89. The Hall–Kier alpha value is -3.50. The third-order valence-electron chi connectivity index (χ3n) is 5.89. The van der Waals surface area contributed by atoms with Crippen LogP contribution in [0.2, 0.25) is 0 Å². The molecule has 5 rings (SSSR count). The zero-order chi connectivity index (χ0) is 22.1. The minimum Gasteiger partial charge on any atom is -0.497 e. The first kappa shape index (κ1) is 20.4. The maximum Gasteiger partial charge on any atom is 0.241 e. The van der Waals surface area contributed by atoms with Crippen molar-refractivity contribution < 1.29 is 18.8 Å². The predicted octanol–water partition coefficient (Wildman–Crippen LogP) is 1.68. The van der Waals surface area contributed by atoms with Gasteiger partial charge in [0.25, 0.3) is 0 Å². The number of hydrogen-bond donors (Lipinski definition) is 2. The van der Waals surface area contributed by atoms with Crippen molar-refractivity contribution in [3.63, 3.8) is 0 Å². The highest BCUT2D eigenvalue weighted by Gasteiger charge is 2.41. The quantitative estimate of drug-likeness (QED) is 0.596. The van der Waals surface area contributed by atoms with Gasteiger partial charge in [0.2, 0.25) is 17.6 Å². The largest absolute Gasteiger partial charge is 0.497 e. The fourth-order valence-corrected chi connectivity index (χ4v) is 4.07. The van der Waals surface area contributed by atoms with E-state index in [0.717, 1.165) is 17.1 Å². The summed E-state index contributed by atoms with van der Waals surface area (Å²) >= 11 is 0. The van der Waals surface area contributed by atoms with Gasteiger partial charge in [-0.25, -0.2) is 10.9 Å². The second kappa shape index (κ2) is 8.56. The molecule has 0 radical (unpaired) electrons. The number of nitrogens with one attached hydrogen (secondary N) is 2. The van der Waals surface area contributed by atoms with Crippen LogP contribution in [-0.4, -0.2) is 59.3 Å². The summed E-state index contributed by atoms with van der Waals surface area (Å²) in [7, 11) is 3.26. The second-order valence-corrected chi connectivity index (χ2v) is 7.85. The summed E-state index contributed by atoms with van der Waals surface area (Å²) in [5.41, 5.74) is 7.95. The summed E-state index contributed by atoms with van der Waals surface area (Å²) in [6, 6.07) is 10.8. The van der Waals surface area contributed by atoms with Crippen molar-refractivity contribution in [1.29, 1.82) is 0 Å². The minimum atomic E-state index is -0.330. The van der Waals surface area contributed by atoms with Crippen molar-refractivity contribution in [3.8, 4) is 23.0 Å². The molecule has 1 aromatic carbocycles. The van der Waals surface area contributed by atoms with Gasteiger partial charge < -0.3 is 18.9 Å². The van der Waals surface area contributed by atoms with Crippen LogP contribution < -0.4 is 20.3 Å². The third kappa shape index (κ3) is 3.78. The average molecular weight is 436 g/mol. The number of hydrogen-bond acceptors (Lipinski definition) is 9. The Kier molecular flexibility index (Phi) is 5.46. The minimum absolute atomic E-state index is 0.0348. The lowest BCUT2D eigenvalue weighted by molar-refractivity contribution is -0.138. The van der Waals surface area contributed by atoms with Crippen LogP contribution in [0.15, 0.2) is 47.1 Å². The van der Waals surface area contributed by atoms with Crippen LogP contribution in [0.5, 0.6) is 11.5 Å². The average Bonchev–Trinajstić information content (AvgIpc) is 3.48. The Balaban J connectivity index is 1.19. The summed E-state index contributed by atoms with van der Waals surface area (Å²) in [5, 5.41) is 4.01. The van der Waals surface area contributed by atoms with Gasteiger partial charge >= 0.3 is 0 Å². The maximum atomic E-state index is 13.0. The zero-order valence-corrected chi connectivity index (χ0v) is 17.8. The Morgan fingerprint density at radius 3 is 2.78 bits per heavy atom. The van der Waals surface area contributed by atoms with Gasteiger partial charge in [0.15, 0.2) is 0 Å². The number of carbonyl (C=O) groups is 1. The molecule has 1 amide bonds. The number of carbonyl (C=O) groups excluding carboxylic acids is 1. The Morgan fingerprint density at radius 2 is 2.03 bits per heavy atom. The van der Waals surface area contributed by atoms with Gasteiger partial charge in [-0.3, -0.25) is 9.78 Å². The Labute approximate surface area is 184 Å². The van der Waals surface area contributed by atoms with E-state index < -0.39 is 0 Å². The number of benzene rings is 1. The molecule has 2 aliphatic rings. The van der Waals surface area contributed by atoms with E-state index in [9.17, 15) is 4.79 Å². The van der Waals surface area contributed by atoms with Crippen molar-refractivity contribution in [2.75, 3.05) is 27.3 Å². The Morgan fingerprint density at radius 1 is 1.16 bits per heavy atom. The van der Waals surface area contributed by atoms with Crippen molar-refractivity contribution in [3.05, 3.63) is 54.0 Å². The summed E-state index contributed by atoms with van der Waals surface area (Å²) < 4.78 is 16.2. The van der Waals surface area contributed by atoms with E-state index in [2.05, 4.69) is 26.0 Å². The molecule has 0 bridgehead atoms. The fourth-order valence-electron chi connectivity index (χ4n) is 4.07. The molecule has 4 heterocycles. The molecular weight excluding hydrogens is 412 g/mol. The number of aromatic nitrogens is 3. The number of hydrazine groups is 1. The summed E-state index contributed by atoms with van der Waals surface area (Å²) in [6.07, 6.45) is 2.29. The van der Waals surface area contributed by atoms with Gasteiger partial charge in [-0.1, -0.05) is 11.2 Å². The van der Waals surface area contributed by atoms with Crippen LogP contribution in [0.4, 0.5) is 0 Å². The molecule has 10 heteroatoms. The van der Waals surface area contributed by atoms with E-state index in [0.29, 0.717) is 36.9 Å². The standard InChI is InChI=1S/C22H24N6O4/c1-30-14-6-7-19(31-2)15(9-14)17-10-18(26-25-17)22(29)28-11-13(12-28)21-24-20(27-32-21)16-5-3-4-8-23-16/h3-9,13,17-18,25-26H,10-12H2,1-2H3. The number of rotatable bonds is 6. The van der Waals surface area contributed by atoms with Crippen LogP contribution in [0, 0.1) is 0 Å². The van der Waals surface area contributed by atoms with Crippen molar-refractivity contribution in [1.82, 2.24) is 30.9 Å². The van der Waals surface area contributed by atoms with Crippen LogP contribution in [0.1, 0.15) is 29.8 Å². The molecule has 0 aliphatic carbocycles. The topological polar surface area (TPSA) is 115 Å². The van der Waals surface area contributed by atoms with Crippen LogP contribution in [0.3, 0.4) is 0 Å². The smallest absolute Gasteiger partial charge is 0.241 e. The molecule has 32 heavy (non-hydrogen) atoms. The monoisotopic (exact) mass is 436 g/mol. The van der Waals surface area contributed by atoms with E-state index in [1.165, 1.54) is 0 Å². The molecule has 0 saturated carbocycles. The molecule has 2 aromatic heterocycles. The highest BCUT2D eigenvalue weighted by molar-refractivity contribution is 5.83. The summed E-state index contributed by atoms with van der Waals surface area (Å²) in [4.78, 5) is 23.5. The van der Waals surface area contributed by atoms with E-state index in [1.54, 1.807) is 25.3 Å². The van der Waals surface area contributed by atoms with Gasteiger partial charge in [0, 0.05) is 24.8 Å². The molecule has 2 atom stereocenters. The van der Waals surface area contributed by atoms with Crippen LogP contribution >= 0.6 is 0 Å². The van der Waals surface area contributed by atoms with E-state index in [4.69, 9.17) is 14.0 Å². The normalized spacial score (nSPS) is 20.8. The second-order valence-electron chi connectivity index (χ2n) is 7.85. The van der Waals surface area contributed by atoms with Gasteiger partial charge in [-0.15, -0.1) is 0 Å². The molecular formula is C22H24N6O4. The first-order valence-electron chi connectivity index (χ1n) is 10.4. The number of likely N-dealkylation sites (tertiary alicyclic amines) is 1. The van der Waals surface area contributed by atoms with Crippen molar-refractivity contribution in [2.24, 2.45) is 0 Å². The summed E-state index contributed by atoms with van der Waals surface area (Å²) in [5.74, 6) is 2.57. The van der Waals surface area contributed by atoms with Gasteiger partial charge in [-0.05, 0) is 36.8 Å². The molecule has 166 valence electrons. The molecule has 2 N–H and O–H groups in total. The Bertz CT molecular complexity index is 1100. The summed E-state index contributed by atoms with van der Waals surface area (Å²) in [6.45, 7) is 1.10. The van der Waals surface area contributed by atoms with Gasteiger partial charge in [0.1, 0.15) is 23.2 Å². The fraction of sp³-hybridized carbons (Fsp3) is 0.364. The predicted molar refractivity (Wildman–Crippen MR) is 114 cm³/mol. The molecule has 0 spiro atoms. The molecule has 2 fully saturated rings. The number of methoxy groups -OCH3 is 2. The lowest BCUT2D eigenvalue weighted by atomic mass is 9.96. The van der Waals surface area contributed by atoms with Crippen molar-refractivity contribution >= 4 is 5.91 Å². The molecule has 2 saturated heterocycles. The molecule has 2 unspecified atom stereocenters. The van der Waals surface area contributed by atoms with Crippen LogP contribution in [0.25, 0.3) is 11.5 Å². The van der Waals surface area contributed by atoms with Gasteiger partial charge in [0.05, 0.1) is 26.2 Å². The van der Waals surface area contributed by atoms with Gasteiger partial charge in [-0.2, -0.15) is 4.98 Å². The van der Waals surface area contributed by atoms with Crippen LogP contribution in [-0.2, 0) is 4.79 Å². The first-order chi connectivity index (χ1) is 15.7. The first-order valence-corrected chi connectivity index (χ1v) is 10.4. The number of nitrogens with zero attached hydrogens (tertiary/aromatic N) is 4. The lowest BCUT2D eigenvalue weighted by Crippen LogP contribution is -2.54. The molecule has 2 aliphatic heterocycles. The highest BCUT2D eigenvalue weighted by atomic mass is 16.5. The maximum absolute atomic E-state index is 13.0.